The van der Waals surface area contributed by atoms with Crippen LogP contribution in [0.2, 0.25) is 0 Å². The minimum Gasteiger partial charge on any atom is -0.465 e. The van der Waals surface area contributed by atoms with Crippen molar-refractivity contribution < 1.29 is 19.1 Å². The van der Waals surface area contributed by atoms with E-state index in [-0.39, 0.29) is 23.8 Å². The highest BCUT2D eigenvalue weighted by Crippen LogP contribution is 2.59. The number of ether oxygens (including phenoxy) is 2. The van der Waals surface area contributed by atoms with Crippen molar-refractivity contribution >= 4 is 33.5 Å². The summed E-state index contributed by atoms with van der Waals surface area (Å²) in [5.41, 5.74) is 20.5. The van der Waals surface area contributed by atoms with Gasteiger partial charge in [0.15, 0.2) is 0 Å². The van der Waals surface area contributed by atoms with Crippen molar-refractivity contribution in [3.05, 3.63) is 90.0 Å². The summed E-state index contributed by atoms with van der Waals surface area (Å²) in [6.45, 7) is 0. The Kier molecular flexibility index (Phi) is 12.7. The number of carbonyl (C=O) groups excluding carboxylic acids is 2. The van der Waals surface area contributed by atoms with Crippen LogP contribution in [-0.2, 0) is 22.3 Å². The molecule has 0 bridgehead atoms. The normalized spacial score (nSPS) is 23.6. The molecule has 0 spiro atoms. The van der Waals surface area contributed by atoms with Gasteiger partial charge in [-0.05, 0) is 263 Å². The molecule has 4 aromatic carbocycles. The molecule has 0 aromatic heterocycles. The maximum atomic E-state index is 14.6. The van der Waals surface area contributed by atoms with Crippen molar-refractivity contribution in [2.75, 3.05) is 14.2 Å². The van der Waals surface area contributed by atoms with E-state index in [1.165, 1.54) is 205 Å². The zero-order chi connectivity index (χ0) is 47.0. The molecule has 4 heteroatoms. The second-order valence-electron chi connectivity index (χ2n) is 25.1. The van der Waals surface area contributed by atoms with Gasteiger partial charge in [0.25, 0.3) is 0 Å². The van der Waals surface area contributed by atoms with E-state index in [1.54, 1.807) is 43.8 Å². The van der Waals surface area contributed by atoms with E-state index in [0.717, 1.165) is 61.5 Å². The first-order chi connectivity index (χ1) is 34.5. The number of rotatable bonds is 10. The lowest BCUT2D eigenvalue weighted by molar-refractivity contribution is 0.0552. The van der Waals surface area contributed by atoms with E-state index < -0.39 is 0 Å². The third-order valence-corrected chi connectivity index (χ3v) is 21.6. The summed E-state index contributed by atoms with van der Waals surface area (Å²) in [4.78, 5) is 29.2. The van der Waals surface area contributed by atoms with E-state index in [1.807, 2.05) is 22.3 Å². The maximum Gasteiger partial charge on any atom is 0.339 e. The summed E-state index contributed by atoms with van der Waals surface area (Å²) >= 11 is 0. The lowest BCUT2D eigenvalue weighted by Gasteiger charge is -2.37. The lowest BCUT2D eigenvalue weighted by Crippen LogP contribution is -2.27. The van der Waals surface area contributed by atoms with Crippen molar-refractivity contribution in [1.29, 1.82) is 0 Å². The van der Waals surface area contributed by atoms with Gasteiger partial charge in [-0.25, -0.2) is 9.59 Å². The number of hydrogen-bond acceptors (Lipinski definition) is 4. The highest BCUT2D eigenvalue weighted by atomic mass is 16.5. The molecule has 8 saturated carbocycles. The van der Waals surface area contributed by atoms with Gasteiger partial charge in [0, 0.05) is 0 Å². The van der Waals surface area contributed by atoms with Crippen molar-refractivity contribution in [1.82, 2.24) is 0 Å². The van der Waals surface area contributed by atoms with E-state index in [4.69, 9.17) is 9.47 Å². The molecular formula is C66H84O4. The van der Waals surface area contributed by atoms with Crippen LogP contribution in [0.5, 0.6) is 0 Å². The highest BCUT2D eigenvalue weighted by molar-refractivity contribution is 6.08. The standard InChI is InChI=1S/C66H84O4/c1-69-65(67)63-59(43-27-11-12-28-43)53-37-49-50(38-54(53)60(44-29-13-14-30-44)64(63)66(68)70-2)56(40-21-5-6-22-40)48-36-52-51(35-47(48)55(49)39-19-3-4-20-39)57(41-23-7-8-24-41)61(45-31-15-16-32-45)62(46-33-17-18-34-46)58(52)42-25-9-10-26-42/h35-36,39-46H,3-34,37-38H2,1-2H3. The van der Waals surface area contributed by atoms with E-state index in [9.17, 15) is 9.59 Å². The molecule has 372 valence electrons. The summed E-state index contributed by atoms with van der Waals surface area (Å²) in [5.74, 6) is 3.79. The Morgan fingerprint density at radius 1 is 0.300 bits per heavy atom. The Balaban J connectivity index is 1.17. The van der Waals surface area contributed by atoms with Gasteiger partial charge in [-0.1, -0.05) is 103 Å². The number of carbonyl (C=O) groups is 2. The van der Waals surface area contributed by atoms with Crippen LogP contribution < -0.4 is 0 Å². The first kappa shape index (κ1) is 46.1. The minimum absolute atomic E-state index is 0.255. The molecule has 9 aliphatic carbocycles. The molecule has 0 unspecified atom stereocenters. The van der Waals surface area contributed by atoms with Crippen LogP contribution in [0.25, 0.3) is 21.5 Å². The SMILES string of the molecule is COC(=O)c1c(C(=O)OC)c(C2CCCC2)c2c(c1C1CCCC1)Cc1c(c(C3CCCC3)c3cc4c(C5CCCC5)c(C5CCCC5)c(C5CCCC5)c(C5CCCC5)c4cc3c1C1CCCC1)C2. The third kappa shape index (κ3) is 7.60. The zero-order valence-electron chi connectivity index (χ0n) is 43.4. The molecule has 0 heterocycles. The van der Waals surface area contributed by atoms with Crippen LogP contribution in [0.15, 0.2) is 12.1 Å². The number of esters is 2. The monoisotopic (exact) mass is 941 g/mol. The molecule has 9 aliphatic rings. The van der Waals surface area contributed by atoms with Gasteiger partial charge in [0.2, 0.25) is 0 Å². The van der Waals surface area contributed by atoms with Gasteiger partial charge in [-0.3, -0.25) is 0 Å². The summed E-state index contributed by atoms with van der Waals surface area (Å²) in [6.07, 6.45) is 43.3. The predicted molar refractivity (Wildman–Crippen MR) is 286 cm³/mol. The number of hydrogen-bond donors (Lipinski definition) is 0. The van der Waals surface area contributed by atoms with Gasteiger partial charge in [0.1, 0.15) is 0 Å². The summed E-state index contributed by atoms with van der Waals surface area (Å²) < 4.78 is 11.6. The van der Waals surface area contributed by atoms with Gasteiger partial charge >= 0.3 is 11.9 Å². The van der Waals surface area contributed by atoms with Crippen molar-refractivity contribution in [2.45, 2.75) is 266 Å². The molecule has 0 N–H and O–H groups in total. The summed E-state index contributed by atoms with van der Waals surface area (Å²) in [7, 11) is 3.06. The van der Waals surface area contributed by atoms with Crippen LogP contribution in [-0.4, -0.2) is 26.2 Å². The smallest absolute Gasteiger partial charge is 0.339 e. The molecule has 0 aliphatic heterocycles. The van der Waals surface area contributed by atoms with Crippen LogP contribution in [0.3, 0.4) is 0 Å². The average Bonchev–Trinajstić information content (AvgIpc) is 4.23. The van der Waals surface area contributed by atoms with Crippen LogP contribution in [0.4, 0.5) is 0 Å². The topological polar surface area (TPSA) is 52.6 Å². The quantitative estimate of drug-likeness (QED) is 0.103. The van der Waals surface area contributed by atoms with Gasteiger partial charge in [-0.15, -0.1) is 0 Å². The third-order valence-electron chi connectivity index (χ3n) is 21.6. The van der Waals surface area contributed by atoms with Crippen LogP contribution in [0.1, 0.15) is 340 Å². The van der Waals surface area contributed by atoms with E-state index in [2.05, 4.69) is 12.1 Å². The molecule has 8 fully saturated rings. The second kappa shape index (κ2) is 19.3. The Labute approximate surface area is 420 Å². The molecule has 0 amide bonds. The molecular weight excluding hydrogens is 857 g/mol. The molecule has 0 atom stereocenters. The predicted octanol–water partition coefficient (Wildman–Crippen LogP) is 18.3. The number of benzene rings is 4. The largest absolute Gasteiger partial charge is 0.465 e. The Hall–Kier alpha value is -3.66. The average molecular weight is 941 g/mol. The molecule has 4 nitrogen and oxygen atoms in total. The molecule has 70 heavy (non-hydrogen) atoms. The van der Waals surface area contributed by atoms with Crippen molar-refractivity contribution in [3.63, 3.8) is 0 Å². The first-order valence-electron chi connectivity index (χ1n) is 30.0. The summed E-state index contributed by atoms with van der Waals surface area (Å²) in [5, 5.41) is 6.65. The maximum absolute atomic E-state index is 14.6. The van der Waals surface area contributed by atoms with Crippen molar-refractivity contribution in [2.24, 2.45) is 0 Å². The fourth-order valence-corrected chi connectivity index (χ4v) is 18.7. The van der Waals surface area contributed by atoms with Crippen LogP contribution >= 0.6 is 0 Å². The minimum atomic E-state index is -0.338. The van der Waals surface area contributed by atoms with Gasteiger partial charge in [0.05, 0.1) is 25.3 Å². The Bertz CT molecular complexity index is 2490. The fourth-order valence-electron chi connectivity index (χ4n) is 18.7. The first-order valence-corrected chi connectivity index (χ1v) is 30.0. The highest BCUT2D eigenvalue weighted by Gasteiger charge is 2.43. The summed E-state index contributed by atoms with van der Waals surface area (Å²) in [6, 6.07) is 5.88. The van der Waals surface area contributed by atoms with E-state index >= 15 is 0 Å². The molecule has 4 aromatic rings. The van der Waals surface area contributed by atoms with E-state index in [0.29, 0.717) is 34.8 Å². The number of methoxy groups -OCH3 is 2. The number of fused-ring (bicyclic) bond motifs is 4. The van der Waals surface area contributed by atoms with Crippen LogP contribution in [0, 0.1) is 0 Å². The molecule has 0 radical (unpaired) electrons. The Morgan fingerprint density at radius 3 is 0.757 bits per heavy atom. The molecule has 13 rings (SSSR count). The Morgan fingerprint density at radius 2 is 0.500 bits per heavy atom. The second-order valence-corrected chi connectivity index (χ2v) is 25.1. The van der Waals surface area contributed by atoms with Crippen molar-refractivity contribution in [3.8, 4) is 0 Å². The zero-order valence-corrected chi connectivity index (χ0v) is 43.4. The van der Waals surface area contributed by atoms with Gasteiger partial charge in [-0.2, -0.15) is 0 Å². The van der Waals surface area contributed by atoms with Gasteiger partial charge < -0.3 is 9.47 Å². The lowest BCUT2D eigenvalue weighted by atomic mass is 9.67. The molecule has 0 saturated heterocycles. The fraction of sp³-hybridized carbons (Fsp3) is 0.667.